The predicted octanol–water partition coefficient (Wildman–Crippen LogP) is 3.72. The van der Waals surface area contributed by atoms with Gasteiger partial charge in [0.25, 0.3) is 0 Å². The first-order valence-electron chi connectivity index (χ1n) is 6.50. The lowest BCUT2D eigenvalue weighted by Crippen LogP contribution is -2.17. The van der Waals surface area contributed by atoms with Gasteiger partial charge in [-0.15, -0.1) is 13.2 Å². The summed E-state index contributed by atoms with van der Waals surface area (Å²) in [7, 11) is 0. The molecule has 0 aliphatic heterocycles. The van der Waals surface area contributed by atoms with Gasteiger partial charge in [-0.05, 0) is 44.2 Å². The molecule has 114 valence electrons. The van der Waals surface area contributed by atoms with Gasteiger partial charge in [0.15, 0.2) is 0 Å². The second-order valence-corrected chi connectivity index (χ2v) is 4.52. The van der Waals surface area contributed by atoms with E-state index < -0.39 is 6.36 Å². The lowest BCUT2D eigenvalue weighted by Gasteiger charge is -2.11. The highest BCUT2D eigenvalue weighted by molar-refractivity contribution is 5.46. The molecule has 0 saturated carbocycles. The summed E-state index contributed by atoms with van der Waals surface area (Å²) in [6.45, 7) is 5.23. The van der Waals surface area contributed by atoms with Crippen molar-refractivity contribution in [2.45, 2.75) is 33.3 Å². The fourth-order valence-corrected chi connectivity index (χ4v) is 1.98. The molecule has 0 spiro atoms. The summed E-state index contributed by atoms with van der Waals surface area (Å²) in [4.78, 5) is 0. The molecule has 1 N–H and O–H groups in total. The number of halogens is 3. The van der Waals surface area contributed by atoms with Gasteiger partial charge < -0.3 is 10.1 Å². The van der Waals surface area contributed by atoms with Crippen LogP contribution in [-0.2, 0) is 13.1 Å². The smallest absolute Gasteiger partial charge is 0.406 e. The number of hydrogen-bond donors (Lipinski definition) is 1. The van der Waals surface area contributed by atoms with Crippen molar-refractivity contribution in [3.8, 4) is 5.75 Å². The molecule has 0 atom stereocenters. The first-order valence-corrected chi connectivity index (χ1v) is 6.50. The van der Waals surface area contributed by atoms with Crippen molar-refractivity contribution in [2.24, 2.45) is 0 Å². The molecule has 0 aliphatic carbocycles. The Morgan fingerprint density at radius 2 is 1.90 bits per heavy atom. The van der Waals surface area contributed by atoms with Gasteiger partial charge in [-0.2, -0.15) is 5.10 Å². The SMILES string of the molecule is CCn1nc(C)cc1CNc1ccc(OC(F)(F)F)cc1. The van der Waals surface area contributed by atoms with Gasteiger partial charge >= 0.3 is 6.36 Å². The van der Waals surface area contributed by atoms with E-state index in [9.17, 15) is 13.2 Å². The zero-order valence-electron chi connectivity index (χ0n) is 11.7. The molecule has 1 aromatic heterocycles. The highest BCUT2D eigenvalue weighted by Crippen LogP contribution is 2.24. The largest absolute Gasteiger partial charge is 0.573 e. The van der Waals surface area contributed by atoms with E-state index in [1.165, 1.54) is 12.1 Å². The topological polar surface area (TPSA) is 39.1 Å². The Balaban J connectivity index is 1.97. The fraction of sp³-hybridized carbons (Fsp3) is 0.357. The number of hydrogen-bond acceptors (Lipinski definition) is 3. The van der Waals surface area contributed by atoms with E-state index in [0.29, 0.717) is 12.2 Å². The maximum absolute atomic E-state index is 12.0. The molecule has 2 aromatic rings. The molecule has 4 nitrogen and oxygen atoms in total. The number of ether oxygens (including phenoxy) is 1. The summed E-state index contributed by atoms with van der Waals surface area (Å²) in [5.41, 5.74) is 2.67. The number of nitrogens with one attached hydrogen (secondary N) is 1. The van der Waals surface area contributed by atoms with Crippen molar-refractivity contribution < 1.29 is 17.9 Å². The van der Waals surface area contributed by atoms with Crippen molar-refractivity contribution in [1.29, 1.82) is 0 Å². The molecule has 0 saturated heterocycles. The van der Waals surface area contributed by atoms with E-state index in [4.69, 9.17) is 0 Å². The number of nitrogens with zero attached hydrogens (tertiary/aromatic N) is 2. The average Bonchev–Trinajstić information content (AvgIpc) is 2.76. The minimum absolute atomic E-state index is 0.234. The molecule has 0 amide bonds. The number of aryl methyl sites for hydroxylation is 2. The molecule has 7 heteroatoms. The Kier molecular flexibility index (Phi) is 4.40. The van der Waals surface area contributed by atoms with Crippen LogP contribution in [0.25, 0.3) is 0 Å². The number of alkyl halides is 3. The second-order valence-electron chi connectivity index (χ2n) is 4.52. The lowest BCUT2D eigenvalue weighted by molar-refractivity contribution is -0.274. The van der Waals surface area contributed by atoms with Crippen LogP contribution in [0.4, 0.5) is 18.9 Å². The number of benzene rings is 1. The predicted molar refractivity (Wildman–Crippen MR) is 73.1 cm³/mol. The summed E-state index contributed by atoms with van der Waals surface area (Å²) in [6, 6.07) is 7.61. The Bertz CT molecular complexity index is 591. The van der Waals surface area contributed by atoms with Crippen LogP contribution in [0, 0.1) is 6.92 Å². The third-order valence-electron chi connectivity index (χ3n) is 2.85. The number of anilines is 1. The van der Waals surface area contributed by atoms with Crippen molar-refractivity contribution >= 4 is 5.69 Å². The molecule has 0 radical (unpaired) electrons. The summed E-state index contributed by atoms with van der Waals surface area (Å²) < 4.78 is 41.8. The van der Waals surface area contributed by atoms with Gasteiger partial charge in [0.05, 0.1) is 17.9 Å². The molecule has 2 rings (SSSR count). The number of rotatable bonds is 5. The molecule has 0 unspecified atom stereocenters. The molecule has 0 bridgehead atoms. The van der Waals surface area contributed by atoms with E-state index in [2.05, 4.69) is 15.2 Å². The van der Waals surface area contributed by atoms with Crippen LogP contribution in [0.1, 0.15) is 18.3 Å². The standard InChI is InChI=1S/C14H16F3N3O/c1-3-20-12(8-10(2)19-20)9-18-11-4-6-13(7-5-11)21-14(15,16)17/h4-8,18H,3,9H2,1-2H3. The third-order valence-corrected chi connectivity index (χ3v) is 2.85. The Morgan fingerprint density at radius 3 is 2.48 bits per heavy atom. The molecule has 0 aliphatic rings. The maximum atomic E-state index is 12.0. The zero-order valence-corrected chi connectivity index (χ0v) is 11.7. The van der Waals surface area contributed by atoms with Crippen molar-refractivity contribution in [3.05, 3.63) is 41.7 Å². The average molecular weight is 299 g/mol. The van der Waals surface area contributed by atoms with Crippen LogP contribution in [-0.4, -0.2) is 16.1 Å². The van der Waals surface area contributed by atoms with Crippen LogP contribution < -0.4 is 10.1 Å². The van der Waals surface area contributed by atoms with Gasteiger partial charge in [0, 0.05) is 12.2 Å². The molecular weight excluding hydrogens is 283 g/mol. The van der Waals surface area contributed by atoms with Gasteiger partial charge in [0.1, 0.15) is 5.75 Å². The van der Waals surface area contributed by atoms with E-state index in [0.717, 1.165) is 17.9 Å². The number of aromatic nitrogens is 2. The van der Waals surface area contributed by atoms with Gasteiger partial charge in [0.2, 0.25) is 0 Å². The Morgan fingerprint density at radius 1 is 1.24 bits per heavy atom. The van der Waals surface area contributed by atoms with Crippen LogP contribution >= 0.6 is 0 Å². The summed E-state index contributed by atoms with van der Waals surface area (Å²) in [6.07, 6.45) is -4.67. The molecular formula is C14H16F3N3O. The Hall–Kier alpha value is -2.18. The minimum Gasteiger partial charge on any atom is -0.406 e. The fourth-order valence-electron chi connectivity index (χ4n) is 1.98. The second kappa shape index (κ2) is 6.07. The summed E-state index contributed by atoms with van der Waals surface area (Å²) >= 11 is 0. The van der Waals surface area contributed by atoms with Gasteiger partial charge in [-0.1, -0.05) is 0 Å². The van der Waals surface area contributed by atoms with E-state index >= 15 is 0 Å². The zero-order chi connectivity index (χ0) is 15.5. The summed E-state index contributed by atoms with van der Waals surface area (Å²) in [5.74, 6) is -0.234. The monoisotopic (exact) mass is 299 g/mol. The Labute approximate surface area is 120 Å². The van der Waals surface area contributed by atoms with Gasteiger partial charge in [-0.25, -0.2) is 0 Å². The molecule has 1 heterocycles. The van der Waals surface area contributed by atoms with Crippen molar-refractivity contribution in [3.63, 3.8) is 0 Å². The lowest BCUT2D eigenvalue weighted by atomic mass is 10.3. The minimum atomic E-state index is -4.67. The van der Waals surface area contributed by atoms with E-state index in [1.807, 2.05) is 24.6 Å². The van der Waals surface area contributed by atoms with Gasteiger partial charge in [-0.3, -0.25) is 4.68 Å². The quantitative estimate of drug-likeness (QED) is 0.914. The maximum Gasteiger partial charge on any atom is 0.573 e. The van der Waals surface area contributed by atoms with Crippen molar-refractivity contribution in [1.82, 2.24) is 9.78 Å². The third kappa shape index (κ3) is 4.40. The first kappa shape index (κ1) is 15.2. The highest BCUT2D eigenvalue weighted by Gasteiger charge is 2.30. The van der Waals surface area contributed by atoms with Crippen molar-refractivity contribution in [2.75, 3.05) is 5.32 Å². The molecule has 21 heavy (non-hydrogen) atoms. The van der Waals surface area contributed by atoms with E-state index in [1.54, 1.807) is 12.1 Å². The normalized spacial score (nSPS) is 11.5. The molecule has 1 aromatic carbocycles. The molecule has 0 fully saturated rings. The van der Waals surface area contributed by atoms with Crippen LogP contribution in [0.2, 0.25) is 0 Å². The van der Waals surface area contributed by atoms with Crippen LogP contribution in [0.15, 0.2) is 30.3 Å². The summed E-state index contributed by atoms with van der Waals surface area (Å²) in [5, 5.41) is 7.47. The highest BCUT2D eigenvalue weighted by atomic mass is 19.4. The first-order chi connectivity index (χ1) is 9.87. The van der Waals surface area contributed by atoms with Crippen LogP contribution in [0.5, 0.6) is 5.75 Å². The van der Waals surface area contributed by atoms with E-state index in [-0.39, 0.29) is 5.75 Å². The van der Waals surface area contributed by atoms with Crippen LogP contribution in [0.3, 0.4) is 0 Å².